The lowest BCUT2D eigenvalue weighted by Crippen LogP contribution is -2.11. The molecule has 6 heteroatoms. The van der Waals surface area contributed by atoms with Crippen LogP contribution in [0.15, 0.2) is 36.4 Å². The molecule has 0 aliphatic heterocycles. The summed E-state index contributed by atoms with van der Waals surface area (Å²) in [6.45, 7) is 5.63. The summed E-state index contributed by atoms with van der Waals surface area (Å²) in [5.74, 6) is -0.312. The number of rotatable bonds is 4. The smallest absolute Gasteiger partial charge is 0.270 e. The number of aryl methyl sites for hydroxylation is 3. The van der Waals surface area contributed by atoms with Gasteiger partial charge >= 0.3 is 0 Å². The summed E-state index contributed by atoms with van der Waals surface area (Å²) < 4.78 is 0. The molecule has 0 saturated carbocycles. The molecule has 0 aliphatic rings. The van der Waals surface area contributed by atoms with Gasteiger partial charge in [-0.05, 0) is 44.0 Å². The minimum atomic E-state index is -0.470. The maximum absolute atomic E-state index is 12.0. The summed E-state index contributed by atoms with van der Waals surface area (Å²) in [6.07, 6.45) is 2.88. The van der Waals surface area contributed by atoms with Gasteiger partial charge in [0.15, 0.2) is 0 Å². The van der Waals surface area contributed by atoms with E-state index < -0.39 is 4.92 Å². The Labute approximate surface area is 134 Å². The Morgan fingerprint density at radius 1 is 1.26 bits per heavy atom. The van der Waals surface area contributed by atoms with Crippen molar-refractivity contribution in [3.8, 4) is 0 Å². The van der Waals surface area contributed by atoms with Crippen LogP contribution in [-0.4, -0.2) is 15.8 Å². The maximum atomic E-state index is 12.0. The van der Waals surface area contributed by atoms with Crippen molar-refractivity contribution in [1.82, 2.24) is 4.98 Å². The number of amides is 1. The topological polar surface area (TPSA) is 85.1 Å². The number of carbonyl (C=O) groups excluding carboxylic acids is 1. The van der Waals surface area contributed by atoms with Crippen LogP contribution >= 0.6 is 0 Å². The van der Waals surface area contributed by atoms with Crippen molar-refractivity contribution in [3.05, 3.63) is 69.0 Å². The highest BCUT2D eigenvalue weighted by Crippen LogP contribution is 2.19. The SMILES string of the molecule is Cc1cc(C)c(NC(=O)/C=C/c2cccc([N+](=O)[O-])c2)c(C)n1. The first-order valence-corrected chi connectivity index (χ1v) is 7.05. The second-order valence-electron chi connectivity index (χ2n) is 5.22. The lowest BCUT2D eigenvalue weighted by Gasteiger charge is -2.10. The van der Waals surface area contributed by atoms with Crippen molar-refractivity contribution in [2.24, 2.45) is 0 Å². The number of hydrogen-bond donors (Lipinski definition) is 1. The summed E-state index contributed by atoms with van der Waals surface area (Å²) in [7, 11) is 0. The van der Waals surface area contributed by atoms with Gasteiger partial charge in [0, 0.05) is 23.9 Å². The highest BCUT2D eigenvalue weighted by molar-refractivity contribution is 6.02. The molecule has 118 valence electrons. The van der Waals surface area contributed by atoms with E-state index in [1.807, 2.05) is 26.8 Å². The first-order chi connectivity index (χ1) is 10.9. The van der Waals surface area contributed by atoms with Gasteiger partial charge in [-0.2, -0.15) is 0 Å². The van der Waals surface area contributed by atoms with E-state index in [0.29, 0.717) is 11.3 Å². The molecule has 0 atom stereocenters. The molecule has 1 aromatic heterocycles. The van der Waals surface area contributed by atoms with E-state index in [0.717, 1.165) is 17.0 Å². The molecule has 0 aliphatic carbocycles. The van der Waals surface area contributed by atoms with Gasteiger partial charge in [0.25, 0.3) is 5.69 Å². The third-order valence-electron chi connectivity index (χ3n) is 3.28. The van der Waals surface area contributed by atoms with Crippen LogP contribution in [0.5, 0.6) is 0 Å². The van der Waals surface area contributed by atoms with E-state index >= 15 is 0 Å². The first kappa shape index (κ1) is 16.4. The Balaban J connectivity index is 2.14. The second-order valence-corrected chi connectivity index (χ2v) is 5.22. The van der Waals surface area contributed by atoms with Crippen LogP contribution in [0, 0.1) is 30.9 Å². The molecule has 6 nitrogen and oxygen atoms in total. The molecule has 2 aromatic rings. The Kier molecular flexibility index (Phi) is 4.85. The number of non-ortho nitro benzene ring substituents is 1. The molecule has 1 N–H and O–H groups in total. The van der Waals surface area contributed by atoms with Crippen LogP contribution < -0.4 is 5.32 Å². The summed E-state index contributed by atoms with van der Waals surface area (Å²) in [4.78, 5) is 26.6. The second kappa shape index (κ2) is 6.83. The lowest BCUT2D eigenvalue weighted by molar-refractivity contribution is -0.384. The first-order valence-electron chi connectivity index (χ1n) is 7.05. The summed E-state index contributed by atoms with van der Waals surface area (Å²) in [5, 5.41) is 13.5. The van der Waals surface area contributed by atoms with Crippen LogP contribution in [-0.2, 0) is 4.79 Å². The zero-order valence-electron chi connectivity index (χ0n) is 13.2. The van der Waals surface area contributed by atoms with Gasteiger partial charge in [-0.3, -0.25) is 19.9 Å². The van der Waals surface area contributed by atoms with Gasteiger partial charge < -0.3 is 5.32 Å². The highest BCUT2D eigenvalue weighted by atomic mass is 16.6. The Hall–Kier alpha value is -3.02. The van der Waals surface area contributed by atoms with Gasteiger partial charge in [0.05, 0.1) is 16.3 Å². The fourth-order valence-electron chi connectivity index (χ4n) is 2.29. The predicted molar refractivity (Wildman–Crippen MR) is 89.2 cm³/mol. The van der Waals surface area contributed by atoms with E-state index in [1.54, 1.807) is 12.1 Å². The highest BCUT2D eigenvalue weighted by Gasteiger charge is 2.08. The molecule has 1 aromatic carbocycles. The Morgan fingerprint density at radius 2 is 2.00 bits per heavy atom. The Morgan fingerprint density at radius 3 is 2.65 bits per heavy atom. The number of carbonyl (C=O) groups is 1. The summed E-state index contributed by atoms with van der Waals surface area (Å²) in [5.41, 5.74) is 3.84. The normalized spacial score (nSPS) is 10.7. The number of nitrogens with zero attached hydrogens (tertiary/aromatic N) is 2. The zero-order valence-corrected chi connectivity index (χ0v) is 13.2. The van der Waals surface area contributed by atoms with E-state index in [4.69, 9.17) is 0 Å². The fourth-order valence-corrected chi connectivity index (χ4v) is 2.29. The van der Waals surface area contributed by atoms with Crippen LogP contribution in [0.4, 0.5) is 11.4 Å². The summed E-state index contributed by atoms with van der Waals surface area (Å²) in [6, 6.07) is 7.98. The van der Waals surface area contributed by atoms with E-state index in [1.165, 1.54) is 24.3 Å². The number of anilines is 1. The molecule has 23 heavy (non-hydrogen) atoms. The van der Waals surface area contributed by atoms with Gasteiger partial charge in [-0.1, -0.05) is 12.1 Å². The third kappa shape index (κ3) is 4.23. The minimum absolute atomic E-state index is 0.0121. The summed E-state index contributed by atoms with van der Waals surface area (Å²) >= 11 is 0. The quantitative estimate of drug-likeness (QED) is 0.531. The number of nitrogens with one attached hydrogen (secondary N) is 1. The Bertz CT molecular complexity index is 774. The van der Waals surface area contributed by atoms with Crippen molar-refractivity contribution < 1.29 is 9.72 Å². The number of benzene rings is 1. The molecule has 1 amide bonds. The van der Waals surface area contributed by atoms with Crippen LogP contribution in [0.2, 0.25) is 0 Å². The molecule has 0 unspecified atom stereocenters. The van der Waals surface area contributed by atoms with Crippen molar-refractivity contribution in [2.75, 3.05) is 5.32 Å². The number of nitro groups is 1. The van der Waals surface area contributed by atoms with Gasteiger partial charge in [0.2, 0.25) is 5.91 Å². The molecule has 0 radical (unpaired) electrons. The molecule has 0 spiro atoms. The monoisotopic (exact) mass is 311 g/mol. The van der Waals surface area contributed by atoms with Crippen molar-refractivity contribution in [2.45, 2.75) is 20.8 Å². The van der Waals surface area contributed by atoms with Crippen molar-refractivity contribution >= 4 is 23.4 Å². The standard InChI is InChI=1S/C17H17N3O3/c1-11-9-12(2)18-13(3)17(11)19-16(21)8-7-14-5-4-6-15(10-14)20(22)23/h4-10H,1-3H3,(H,19,21)/b8-7+. The molecular formula is C17H17N3O3. The van der Waals surface area contributed by atoms with E-state index in [2.05, 4.69) is 10.3 Å². The van der Waals surface area contributed by atoms with Crippen molar-refractivity contribution in [3.63, 3.8) is 0 Å². The van der Waals surface area contributed by atoms with E-state index in [9.17, 15) is 14.9 Å². The largest absolute Gasteiger partial charge is 0.321 e. The van der Waals surface area contributed by atoms with E-state index in [-0.39, 0.29) is 11.6 Å². The van der Waals surface area contributed by atoms with Crippen LogP contribution in [0.25, 0.3) is 6.08 Å². The number of aromatic nitrogens is 1. The molecule has 0 fully saturated rings. The molecule has 2 rings (SSSR count). The average molecular weight is 311 g/mol. The zero-order chi connectivity index (χ0) is 17.0. The van der Waals surface area contributed by atoms with Gasteiger partial charge in [-0.15, -0.1) is 0 Å². The number of nitro benzene ring substituents is 1. The molecule has 0 saturated heterocycles. The fraction of sp³-hybridized carbons (Fsp3) is 0.176. The maximum Gasteiger partial charge on any atom is 0.270 e. The number of pyridine rings is 1. The lowest BCUT2D eigenvalue weighted by atomic mass is 10.1. The van der Waals surface area contributed by atoms with Gasteiger partial charge in [-0.25, -0.2) is 0 Å². The van der Waals surface area contributed by atoms with Crippen LogP contribution in [0.1, 0.15) is 22.5 Å². The van der Waals surface area contributed by atoms with Crippen molar-refractivity contribution in [1.29, 1.82) is 0 Å². The average Bonchev–Trinajstić information content (AvgIpc) is 2.49. The third-order valence-corrected chi connectivity index (χ3v) is 3.28. The number of hydrogen-bond acceptors (Lipinski definition) is 4. The molecule has 0 bridgehead atoms. The minimum Gasteiger partial charge on any atom is -0.321 e. The van der Waals surface area contributed by atoms with Gasteiger partial charge in [0.1, 0.15) is 0 Å². The van der Waals surface area contributed by atoms with Crippen LogP contribution in [0.3, 0.4) is 0 Å². The molecular weight excluding hydrogens is 294 g/mol. The molecule has 1 heterocycles. The predicted octanol–water partition coefficient (Wildman–Crippen LogP) is 3.57.